The lowest BCUT2D eigenvalue weighted by Crippen LogP contribution is -2.42. The second-order valence-electron chi connectivity index (χ2n) is 5.79. The maximum Gasteiger partial charge on any atom is 0.224 e. The molecule has 0 aliphatic carbocycles. The first-order chi connectivity index (χ1) is 8.78. The Morgan fingerprint density at radius 3 is 2.47 bits per heavy atom. The number of hydrogen-bond acceptors (Lipinski definition) is 3. The van der Waals surface area contributed by atoms with Crippen LogP contribution in [0.4, 0.5) is 5.69 Å². The van der Waals surface area contributed by atoms with Crippen LogP contribution in [-0.4, -0.2) is 23.2 Å². The molecule has 1 unspecified atom stereocenters. The van der Waals surface area contributed by atoms with Crippen LogP contribution in [0.25, 0.3) is 0 Å². The van der Waals surface area contributed by atoms with Crippen LogP contribution < -0.4 is 11.1 Å². The van der Waals surface area contributed by atoms with Crippen LogP contribution in [0.1, 0.15) is 32.8 Å². The molecule has 0 saturated heterocycles. The van der Waals surface area contributed by atoms with Gasteiger partial charge in [-0.1, -0.05) is 26.0 Å². The van der Waals surface area contributed by atoms with Gasteiger partial charge in [-0.2, -0.15) is 0 Å². The Hall–Kier alpha value is -1.55. The SMILES string of the molecule is CC(C)CC(C)(O)CNC(=O)Cc1ccc(N)cc1. The molecule has 4 heteroatoms. The van der Waals surface area contributed by atoms with Crippen molar-refractivity contribution in [1.29, 1.82) is 0 Å². The van der Waals surface area contributed by atoms with Gasteiger partial charge in [0.2, 0.25) is 5.91 Å². The first kappa shape index (κ1) is 15.5. The molecule has 0 heterocycles. The predicted molar refractivity (Wildman–Crippen MR) is 77.6 cm³/mol. The summed E-state index contributed by atoms with van der Waals surface area (Å²) in [7, 11) is 0. The van der Waals surface area contributed by atoms with Crippen LogP contribution in [0.2, 0.25) is 0 Å². The van der Waals surface area contributed by atoms with Gasteiger partial charge < -0.3 is 16.2 Å². The molecule has 0 fully saturated rings. The van der Waals surface area contributed by atoms with E-state index in [9.17, 15) is 9.90 Å². The molecule has 0 bridgehead atoms. The second-order valence-corrected chi connectivity index (χ2v) is 5.79. The lowest BCUT2D eigenvalue weighted by molar-refractivity contribution is -0.121. The maximum atomic E-state index is 11.8. The lowest BCUT2D eigenvalue weighted by Gasteiger charge is -2.25. The topological polar surface area (TPSA) is 75.3 Å². The largest absolute Gasteiger partial charge is 0.399 e. The number of carbonyl (C=O) groups is 1. The highest BCUT2D eigenvalue weighted by molar-refractivity contribution is 5.78. The Kier molecular flexibility index (Phi) is 5.36. The summed E-state index contributed by atoms with van der Waals surface area (Å²) < 4.78 is 0. The van der Waals surface area contributed by atoms with Crippen LogP contribution in [0.15, 0.2) is 24.3 Å². The van der Waals surface area contributed by atoms with Gasteiger partial charge >= 0.3 is 0 Å². The van der Waals surface area contributed by atoms with Gasteiger partial charge in [0, 0.05) is 12.2 Å². The molecule has 4 nitrogen and oxygen atoms in total. The minimum atomic E-state index is -0.856. The third kappa shape index (κ3) is 6.25. The summed E-state index contributed by atoms with van der Waals surface area (Å²) in [6.45, 7) is 6.12. The van der Waals surface area contributed by atoms with Crippen molar-refractivity contribution < 1.29 is 9.90 Å². The third-order valence-electron chi connectivity index (χ3n) is 2.86. The Balaban J connectivity index is 2.41. The van der Waals surface area contributed by atoms with Crippen molar-refractivity contribution in [2.75, 3.05) is 12.3 Å². The van der Waals surface area contributed by atoms with E-state index in [-0.39, 0.29) is 12.5 Å². The number of rotatable bonds is 6. The number of nitrogens with one attached hydrogen (secondary N) is 1. The summed E-state index contributed by atoms with van der Waals surface area (Å²) >= 11 is 0. The fraction of sp³-hybridized carbons (Fsp3) is 0.533. The molecule has 106 valence electrons. The van der Waals surface area contributed by atoms with Gasteiger partial charge in [0.05, 0.1) is 12.0 Å². The van der Waals surface area contributed by atoms with Crippen molar-refractivity contribution >= 4 is 11.6 Å². The van der Waals surface area contributed by atoms with Crippen LogP contribution in [0.5, 0.6) is 0 Å². The second kappa shape index (κ2) is 6.57. The maximum absolute atomic E-state index is 11.8. The number of aliphatic hydroxyl groups is 1. The number of carbonyl (C=O) groups excluding carboxylic acids is 1. The lowest BCUT2D eigenvalue weighted by atomic mass is 9.94. The van der Waals surface area contributed by atoms with Gasteiger partial charge in [-0.3, -0.25) is 4.79 Å². The van der Waals surface area contributed by atoms with E-state index >= 15 is 0 Å². The minimum Gasteiger partial charge on any atom is -0.399 e. The van der Waals surface area contributed by atoms with Gasteiger partial charge in [0.15, 0.2) is 0 Å². The Labute approximate surface area is 115 Å². The molecule has 0 saturated carbocycles. The molecule has 0 aliphatic rings. The number of nitrogens with two attached hydrogens (primary N) is 1. The Bertz CT molecular complexity index is 411. The standard InChI is InChI=1S/C15H24N2O2/c1-11(2)9-15(3,19)10-17-14(18)8-12-4-6-13(16)7-5-12/h4-7,11,19H,8-10,16H2,1-3H3,(H,17,18). The molecule has 1 atom stereocenters. The van der Waals surface area contributed by atoms with Crippen LogP contribution in [0, 0.1) is 5.92 Å². The van der Waals surface area contributed by atoms with E-state index in [0.29, 0.717) is 24.4 Å². The molecule has 0 spiro atoms. The van der Waals surface area contributed by atoms with Crippen molar-refractivity contribution in [2.24, 2.45) is 5.92 Å². The Morgan fingerprint density at radius 1 is 1.37 bits per heavy atom. The van der Waals surface area contributed by atoms with Crippen molar-refractivity contribution in [3.8, 4) is 0 Å². The molecule has 4 N–H and O–H groups in total. The smallest absolute Gasteiger partial charge is 0.224 e. The first-order valence-electron chi connectivity index (χ1n) is 6.62. The zero-order valence-corrected chi connectivity index (χ0v) is 11.9. The van der Waals surface area contributed by atoms with Crippen LogP contribution in [-0.2, 0) is 11.2 Å². The fourth-order valence-electron chi connectivity index (χ4n) is 2.12. The number of nitrogen functional groups attached to an aromatic ring is 1. The van der Waals surface area contributed by atoms with E-state index in [4.69, 9.17) is 5.73 Å². The highest BCUT2D eigenvalue weighted by atomic mass is 16.3. The molecular weight excluding hydrogens is 240 g/mol. The molecule has 19 heavy (non-hydrogen) atoms. The monoisotopic (exact) mass is 264 g/mol. The summed E-state index contributed by atoms with van der Waals surface area (Å²) in [5, 5.41) is 12.9. The van der Waals surface area contributed by atoms with Crippen molar-refractivity contribution in [2.45, 2.75) is 39.2 Å². The van der Waals surface area contributed by atoms with Crippen molar-refractivity contribution in [3.05, 3.63) is 29.8 Å². The quantitative estimate of drug-likeness (QED) is 0.685. The van der Waals surface area contributed by atoms with E-state index < -0.39 is 5.60 Å². The first-order valence-corrected chi connectivity index (χ1v) is 6.62. The number of amides is 1. The molecule has 1 amide bonds. The van der Waals surface area contributed by atoms with Gasteiger partial charge in [-0.05, 0) is 37.0 Å². The molecule has 0 radical (unpaired) electrons. The van der Waals surface area contributed by atoms with Crippen molar-refractivity contribution in [3.63, 3.8) is 0 Å². The summed E-state index contributed by atoms with van der Waals surface area (Å²) in [5.41, 5.74) is 6.33. The van der Waals surface area contributed by atoms with Gasteiger partial charge in [-0.25, -0.2) is 0 Å². The molecule has 1 rings (SSSR count). The summed E-state index contributed by atoms with van der Waals surface area (Å²) in [4.78, 5) is 11.8. The van der Waals surface area contributed by atoms with Crippen molar-refractivity contribution in [1.82, 2.24) is 5.32 Å². The summed E-state index contributed by atoms with van der Waals surface area (Å²) in [6.07, 6.45) is 0.965. The van der Waals surface area contributed by atoms with E-state index in [0.717, 1.165) is 5.56 Å². The number of benzene rings is 1. The third-order valence-corrected chi connectivity index (χ3v) is 2.86. The predicted octanol–water partition coefficient (Wildman–Crippen LogP) is 1.72. The molecule has 0 aliphatic heterocycles. The number of anilines is 1. The Morgan fingerprint density at radius 2 is 1.95 bits per heavy atom. The van der Waals surface area contributed by atoms with Gasteiger partial charge in [0.1, 0.15) is 0 Å². The molecule has 1 aromatic rings. The highest BCUT2D eigenvalue weighted by Crippen LogP contribution is 2.15. The number of hydrogen-bond donors (Lipinski definition) is 3. The fourth-order valence-corrected chi connectivity index (χ4v) is 2.12. The van der Waals surface area contributed by atoms with Gasteiger partial charge in [0.25, 0.3) is 0 Å². The molecular formula is C15H24N2O2. The summed E-state index contributed by atoms with van der Waals surface area (Å²) in [5.74, 6) is 0.304. The molecule has 0 aromatic heterocycles. The van der Waals surface area contributed by atoms with Crippen LogP contribution in [0.3, 0.4) is 0 Å². The zero-order chi connectivity index (χ0) is 14.5. The molecule has 1 aromatic carbocycles. The normalized spacial score (nSPS) is 14.2. The van der Waals surface area contributed by atoms with E-state index in [1.54, 1.807) is 19.1 Å². The van der Waals surface area contributed by atoms with E-state index in [1.165, 1.54) is 0 Å². The van der Waals surface area contributed by atoms with Gasteiger partial charge in [-0.15, -0.1) is 0 Å². The van der Waals surface area contributed by atoms with E-state index in [2.05, 4.69) is 5.32 Å². The van der Waals surface area contributed by atoms with E-state index in [1.807, 2.05) is 26.0 Å². The average Bonchev–Trinajstić information content (AvgIpc) is 2.28. The highest BCUT2D eigenvalue weighted by Gasteiger charge is 2.22. The minimum absolute atomic E-state index is 0.0891. The average molecular weight is 264 g/mol. The van der Waals surface area contributed by atoms with Crippen LogP contribution >= 0.6 is 0 Å². The zero-order valence-electron chi connectivity index (χ0n) is 11.9. The summed E-state index contributed by atoms with van der Waals surface area (Å²) in [6, 6.07) is 7.22.